The van der Waals surface area contributed by atoms with E-state index in [1.165, 1.54) is 0 Å². The third-order valence-electron chi connectivity index (χ3n) is 2.35. The molecule has 0 heterocycles. The Balaban J connectivity index is 2.57. The Morgan fingerprint density at radius 2 is 2.06 bits per heavy atom. The zero-order valence-electron chi connectivity index (χ0n) is 9.58. The Bertz CT molecular complexity index is 388. The number of hydrogen-bond acceptors (Lipinski definition) is 3. The van der Waals surface area contributed by atoms with Crippen molar-refractivity contribution in [1.82, 2.24) is 5.32 Å². The van der Waals surface area contributed by atoms with Crippen molar-refractivity contribution in [1.29, 1.82) is 0 Å². The summed E-state index contributed by atoms with van der Waals surface area (Å²) >= 11 is 0. The number of phenolic OH excluding ortho intramolecular Hbond substituents is 1. The average molecular weight is 223 g/mol. The highest BCUT2D eigenvalue weighted by Gasteiger charge is 2.05. The van der Waals surface area contributed by atoms with E-state index in [1.807, 2.05) is 26.0 Å². The fourth-order valence-electron chi connectivity index (χ4n) is 1.60. The molecule has 88 valence electrons. The quantitative estimate of drug-likeness (QED) is 0.663. The van der Waals surface area contributed by atoms with E-state index in [1.54, 1.807) is 0 Å². The van der Waals surface area contributed by atoms with Crippen molar-refractivity contribution in [3.05, 3.63) is 28.8 Å². The van der Waals surface area contributed by atoms with E-state index in [2.05, 4.69) is 5.32 Å². The lowest BCUT2D eigenvalue weighted by atomic mass is 10.1. The maximum absolute atomic E-state index is 10.3. The van der Waals surface area contributed by atoms with Crippen LogP contribution in [0.15, 0.2) is 12.1 Å². The van der Waals surface area contributed by atoms with E-state index in [4.69, 9.17) is 5.11 Å². The fraction of sp³-hybridized carbons (Fsp3) is 0.417. The Hall–Kier alpha value is -1.55. The monoisotopic (exact) mass is 223 g/mol. The van der Waals surface area contributed by atoms with Crippen molar-refractivity contribution in [3.63, 3.8) is 0 Å². The molecule has 0 saturated carbocycles. The van der Waals surface area contributed by atoms with Crippen LogP contribution in [0.1, 0.15) is 23.1 Å². The first-order valence-corrected chi connectivity index (χ1v) is 5.22. The molecular weight excluding hydrogens is 206 g/mol. The van der Waals surface area contributed by atoms with Gasteiger partial charge in [0.2, 0.25) is 0 Å². The van der Waals surface area contributed by atoms with E-state index in [9.17, 15) is 9.90 Å². The summed E-state index contributed by atoms with van der Waals surface area (Å²) in [6.45, 7) is 4.71. The molecule has 0 aromatic heterocycles. The highest BCUT2D eigenvalue weighted by atomic mass is 16.4. The van der Waals surface area contributed by atoms with Gasteiger partial charge in [0.05, 0.1) is 6.42 Å². The molecule has 0 amide bonds. The van der Waals surface area contributed by atoms with E-state index in [0.717, 1.165) is 16.7 Å². The first-order chi connectivity index (χ1) is 7.50. The van der Waals surface area contributed by atoms with Crippen molar-refractivity contribution >= 4 is 5.97 Å². The van der Waals surface area contributed by atoms with Gasteiger partial charge in [0.1, 0.15) is 5.75 Å². The van der Waals surface area contributed by atoms with E-state index < -0.39 is 5.97 Å². The Morgan fingerprint density at radius 3 is 2.69 bits per heavy atom. The molecule has 0 atom stereocenters. The summed E-state index contributed by atoms with van der Waals surface area (Å²) in [5, 5.41) is 21.2. The van der Waals surface area contributed by atoms with Gasteiger partial charge in [-0.1, -0.05) is 17.7 Å². The molecule has 0 radical (unpaired) electrons. The van der Waals surface area contributed by atoms with Gasteiger partial charge in [0.15, 0.2) is 0 Å². The second-order valence-electron chi connectivity index (χ2n) is 3.91. The normalized spacial score (nSPS) is 10.4. The summed E-state index contributed by atoms with van der Waals surface area (Å²) < 4.78 is 0. The van der Waals surface area contributed by atoms with Crippen molar-refractivity contribution in [2.45, 2.75) is 26.8 Å². The van der Waals surface area contributed by atoms with Crippen LogP contribution in [-0.2, 0) is 11.3 Å². The predicted molar refractivity (Wildman–Crippen MR) is 61.5 cm³/mol. The smallest absolute Gasteiger partial charge is 0.304 e. The molecule has 1 aromatic rings. The van der Waals surface area contributed by atoms with Gasteiger partial charge in [-0.2, -0.15) is 0 Å². The van der Waals surface area contributed by atoms with Crippen LogP contribution >= 0.6 is 0 Å². The summed E-state index contributed by atoms with van der Waals surface area (Å²) in [4.78, 5) is 10.3. The zero-order valence-corrected chi connectivity index (χ0v) is 9.58. The molecule has 0 aliphatic heterocycles. The van der Waals surface area contributed by atoms with Gasteiger partial charge in [-0.25, -0.2) is 0 Å². The first kappa shape index (κ1) is 12.5. The molecule has 0 bridgehead atoms. The molecule has 0 aliphatic rings. The Labute approximate surface area is 94.9 Å². The predicted octanol–water partition coefficient (Wildman–Crippen LogP) is 1.57. The second kappa shape index (κ2) is 5.51. The minimum Gasteiger partial charge on any atom is -0.507 e. The van der Waals surface area contributed by atoms with E-state index >= 15 is 0 Å². The zero-order chi connectivity index (χ0) is 12.1. The number of aryl methyl sites for hydroxylation is 2. The van der Waals surface area contributed by atoms with Gasteiger partial charge in [-0.05, 0) is 19.4 Å². The van der Waals surface area contributed by atoms with Crippen LogP contribution in [0.2, 0.25) is 0 Å². The minimum absolute atomic E-state index is 0.0888. The number of phenols is 1. The number of carboxylic acids is 1. The van der Waals surface area contributed by atoms with Crippen LogP contribution in [0.4, 0.5) is 0 Å². The standard InChI is InChI=1S/C12H17NO3/c1-8-5-9(2)12(16)10(6-8)7-13-4-3-11(14)15/h5-6,13,16H,3-4,7H2,1-2H3,(H,14,15). The summed E-state index contributed by atoms with van der Waals surface area (Å²) in [7, 11) is 0. The highest BCUT2D eigenvalue weighted by molar-refractivity contribution is 5.66. The van der Waals surface area contributed by atoms with Gasteiger partial charge in [-0.3, -0.25) is 4.79 Å². The molecule has 0 fully saturated rings. The van der Waals surface area contributed by atoms with Crippen LogP contribution in [0.3, 0.4) is 0 Å². The number of rotatable bonds is 5. The van der Waals surface area contributed by atoms with Gasteiger partial charge in [-0.15, -0.1) is 0 Å². The number of nitrogens with one attached hydrogen (secondary N) is 1. The van der Waals surface area contributed by atoms with Gasteiger partial charge in [0.25, 0.3) is 0 Å². The molecule has 4 heteroatoms. The Kier molecular flexibility index (Phi) is 4.31. The molecule has 0 aliphatic carbocycles. The topological polar surface area (TPSA) is 69.6 Å². The molecule has 0 spiro atoms. The summed E-state index contributed by atoms with van der Waals surface area (Å²) in [5.74, 6) is -0.537. The molecule has 1 rings (SSSR count). The molecule has 0 unspecified atom stereocenters. The number of benzene rings is 1. The molecular formula is C12H17NO3. The van der Waals surface area contributed by atoms with Gasteiger partial charge >= 0.3 is 5.97 Å². The van der Waals surface area contributed by atoms with Crippen LogP contribution in [0, 0.1) is 13.8 Å². The fourth-order valence-corrected chi connectivity index (χ4v) is 1.60. The van der Waals surface area contributed by atoms with Gasteiger partial charge in [0, 0.05) is 18.7 Å². The van der Waals surface area contributed by atoms with Gasteiger partial charge < -0.3 is 15.5 Å². The number of carboxylic acid groups (broad SMARTS) is 1. The number of aliphatic carboxylic acids is 1. The lowest BCUT2D eigenvalue weighted by Crippen LogP contribution is -2.17. The molecule has 4 nitrogen and oxygen atoms in total. The minimum atomic E-state index is -0.822. The third-order valence-corrected chi connectivity index (χ3v) is 2.35. The van der Waals surface area contributed by atoms with Crippen molar-refractivity contribution < 1.29 is 15.0 Å². The van der Waals surface area contributed by atoms with Crippen molar-refractivity contribution in [2.24, 2.45) is 0 Å². The highest BCUT2D eigenvalue weighted by Crippen LogP contribution is 2.23. The lowest BCUT2D eigenvalue weighted by molar-refractivity contribution is -0.136. The SMILES string of the molecule is Cc1cc(C)c(O)c(CNCCC(=O)O)c1. The van der Waals surface area contributed by atoms with Crippen LogP contribution in [0.25, 0.3) is 0 Å². The number of hydrogen-bond donors (Lipinski definition) is 3. The number of carbonyl (C=O) groups is 1. The molecule has 0 saturated heterocycles. The molecule has 1 aromatic carbocycles. The van der Waals surface area contributed by atoms with E-state index in [-0.39, 0.29) is 12.2 Å². The third kappa shape index (κ3) is 3.55. The second-order valence-corrected chi connectivity index (χ2v) is 3.91. The van der Waals surface area contributed by atoms with Crippen LogP contribution in [0.5, 0.6) is 5.75 Å². The molecule has 3 N–H and O–H groups in total. The molecule has 16 heavy (non-hydrogen) atoms. The number of aromatic hydroxyl groups is 1. The Morgan fingerprint density at radius 1 is 1.38 bits per heavy atom. The van der Waals surface area contributed by atoms with Crippen molar-refractivity contribution in [3.8, 4) is 5.75 Å². The summed E-state index contributed by atoms with van der Waals surface area (Å²) in [6, 6.07) is 3.81. The largest absolute Gasteiger partial charge is 0.507 e. The summed E-state index contributed by atoms with van der Waals surface area (Å²) in [5.41, 5.74) is 2.74. The van der Waals surface area contributed by atoms with E-state index in [0.29, 0.717) is 13.1 Å². The maximum atomic E-state index is 10.3. The van der Waals surface area contributed by atoms with Crippen LogP contribution in [-0.4, -0.2) is 22.7 Å². The summed E-state index contributed by atoms with van der Waals surface area (Å²) in [6.07, 6.45) is 0.0888. The first-order valence-electron chi connectivity index (χ1n) is 5.22. The van der Waals surface area contributed by atoms with Crippen LogP contribution < -0.4 is 5.32 Å². The lowest BCUT2D eigenvalue weighted by Gasteiger charge is -2.09. The van der Waals surface area contributed by atoms with Crippen molar-refractivity contribution in [2.75, 3.05) is 6.54 Å². The average Bonchev–Trinajstić information content (AvgIpc) is 2.19. The maximum Gasteiger partial charge on any atom is 0.304 e.